The van der Waals surface area contributed by atoms with Crippen LogP contribution < -0.4 is 16.2 Å². The average molecular weight is 367 g/mol. The fourth-order valence-corrected chi connectivity index (χ4v) is 2.88. The lowest BCUT2D eigenvalue weighted by atomic mass is 10.3. The fourth-order valence-electron chi connectivity index (χ4n) is 1.85. The Balaban J connectivity index is 1.93. The van der Waals surface area contributed by atoms with Crippen LogP contribution in [0.4, 0.5) is 11.4 Å². The maximum atomic E-state index is 10.7. The molecule has 1 aromatic heterocycles. The number of aldehydes is 1. The van der Waals surface area contributed by atoms with Crippen LogP contribution in [-0.4, -0.2) is 21.5 Å². The minimum absolute atomic E-state index is 0.378. The zero-order valence-electron chi connectivity index (χ0n) is 12.3. The lowest BCUT2D eigenvalue weighted by Crippen LogP contribution is -2.32. The molecule has 5 nitrogen and oxygen atoms in total. The Hall–Kier alpha value is -1.67. The van der Waals surface area contributed by atoms with Crippen molar-refractivity contribution < 1.29 is 4.79 Å². The average Bonchev–Trinajstić information content (AvgIpc) is 2.54. The molecular weight excluding hydrogens is 352 g/mol. The SMILES string of the molecule is Cc1nc(C=O)ccc1N(N)CSC(=S)Nc1ccccc1Cl. The number of anilines is 2. The number of hydrogen-bond acceptors (Lipinski definition) is 6. The van der Waals surface area contributed by atoms with Crippen LogP contribution in [0.2, 0.25) is 5.02 Å². The summed E-state index contributed by atoms with van der Waals surface area (Å²) < 4.78 is 0.559. The van der Waals surface area contributed by atoms with Gasteiger partial charge in [0.05, 0.1) is 28.0 Å². The predicted molar refractivity (Wildman–Crippen MR) is 101 cm³/mol. The Kier molecular flexibility index (Phi) is 6.35. The van der Waals surface area contributed by atoms with Crippen LogP contribution in [0.25, 0.3) is 0 Å². The van der Waals surface area contributed by atoms with Gasteiger partial charge in [-0.3, -0.25) is 9.80 Å². The number of nitrogens with two attached hydrogens (primary N) is 1. The molecule has 0 saturated heterocycles. The van der Waals surface area contributed by atoms with Crippen molar-refractivity contribution >= 4 is 57.6 Å². The van der Waals surface area contributed by atoms with Gasteiger partial charge in [-0.15, -0.1) is 0 Å². The Morgan fingerprint density at radius 1 is 1.43 bits per heavy atom. The number of pyridine rings is 1. The maximum absolute atomic E-state index is 10.7. The minimum atomic E-state index is 0.378. The Bertz CT molecular complexity index is 726. The van der Waals surface area contributed by atoms with Crippen molar-refractivity contribution in [1.82, 2.24) is 4.98 Å². The molecule has 0 spiro atoms. The zero-order valence-corrected chi connectivity index (χ0v) is 14.7. The number of halogens is 1. The molecule has 0 aliphatic rings. The molecular formula is C15H15ClN4OS2. The molecule has 0 bridgehead atoms. The summed E-state index contributed by atoms with van der Waals surface area (Å²) in [7, 11) is 0. The Labute approximate surface area is 149 Å². The highest BCUT2D eigenvalue weighted by Gasteiger charge is 2.09. The van der Waals surface area contributed by atoms with E-state index in [1.165, 1.54) is 16.8 Å². The molecule has 8 heteroatoms. The number of aromatic nitrogens is 1. The number of thioether (sulfide) groups is 1. The summed E-state index contributed by atoms with van der Waals surface area (Å²) in [4.78, 5) is 14.9. The van der Waals surface area contributed by atoms with E-state index in [9.17, 15) is 4.79 Å². The Morgan fingerprint density at radius 2 is 2.17 bits per heavy atom. The van der Waals surface area contributed by atoms with Crippen molar-refractivity contribution in [3.63, 3.8) is 0 Å². The molecule has 1 heterocycles. The molecule has 2 rings (SSSR count). The number of benzene rings is 1. The lowest BCUT2D eigenvalue weighted by Gasteiger charge is -2.20. The standard InChI is InChI=1S/C15H15ClN4OS2/c1-10-14(7-6-11(8-21)18-10)20(17)9-23-15(22)19-13-5-3-2-4-12(13)16/h2-8H,9,17H2,1H3,(H,19,22). The van der Waals surface area contributed by atoms with Gasteiger partial charge in [-0.2, -0.15) is 0 Å². The molecule has 0 amide bonds. The van der Waals surface area contributed by atoms with E-state index in [1.54, 1.807) is 25.1 Å². The topological polar surface area (TPSA) is 71.2 Å². The summed E-state index contributed by atoms with van der Waals surface area (Å²) in [6.45, 7) is 1.80. The van der Waals surface area contributed by atoms with Gasteiger partial charge in [0.2, 0.25) is 0 Å². The molecule has 0 aliphatic carbocycles. The molecule has 0 atom stereocenters. The largest absolute Gasteiger partial charge is 0.340 e. The fraction of sp³-hybridized carbons (Fsp3) is 0.133. The first-order valence-electron chi connectivity index (χ1n) is 6.64. The normalized spacial score (nSPS) is 10.2. The quantitative estimate of drug-likeness (QED) is 0.275. The van der Waals surface area contributed by atoms with Crippen LogP contribution >= 0.6 is 35.6 Å². The molecule has 0 aliphatic heterocycles. The number of para-hydroxylation sites is 1. The van der Waals surface area contributed by atoms with Crippen molar-refractivity contribution in [3.05, 3.63) is 52.8 Å². The third-order valence-electron chi connectivity index (χ3n) is 2.95. The van der Waals surface area contributed by atoms with Gasteiger partial charge in [-0.05, 0) is 31.2 Å². The molecule has 3 N–H and O–H groups in total. The van der Waals surface area contributed by atoms with Gasteiger partial charge in [0.1, 0.15) is 10.0 Å². The van der Waals surface area contributed by atoms with E-state index in [-0.39, 0.29) is 0 Å². The van der Waals surface area contributed by atoms with Gasteiger partial charge in [0, 0.05) is 0 Å². The summed E-state index contributed by atoms with van der Waals surface area (Å²) >= 11 is 12.7. The maximum Gasteiger partial charge on any atom is 0.168 e. The summed E-state index contributed by atoms with van der Waals surface area (Å²) in [5.74, 6) is 6.46. The van der Waals surface area contributed by atoms with Gasteiger partial charge < -0.3 is 5.32 Å². The number of nitrogens with one attached hydrogen (secondary N) is 1. The van der Waals surface area contributed by atoms with Gasteiger partial charge in [0.15, 0.2) is 6.29 Å². The summed E-state index contributed by atoms with van der Waals surface area (Å²) in [5.41, 5.74) is 2.55. The number of aryl methyl sites for hydroxylation is 1. The molecule has 0 radical (unpaired) electrons. The van der Waals surface area contributed by atoms with Gasteiger partial charge >= 0.3 is 0 Å². The second-order valence-electron chi connectivity index (χ2n) is 4.59. The first kappa shape index (κ1) is 17.7. The predicted octanol–water partition coefficient (Wildman–Crippen LogP) is 3.62. The number of thiocarbonyl (C=S) groups is 1. The number of nitrogens with zero attached hydrogens (tertiary/aromatic N) is 2. The van der Waals surface area contributed by atoms with E-state index in [1.807, 2.05) is 18.2 Å². The van der Waals surface area contributed by atoms with Crippen LogP contribution in [0.3, 0.4) is 0 Å². The third kappa shape index (κ3) is 4.90. The molecule has 0 saturated carbocycles. The van der Waals surface area contributed by atoms with Crippen molar-refractivity contribution in [2.75, 3.05) is 16.2 Å². The van der Waals surface area contributed by atoms with Gasteiger partial charge in [-0.25, -0.2) is 10.8 Å². The molecule has 23 heavy (non-hydrogen) atoms. The van der Waals surface area contributed by atoms with Gasteiger partial charge in [-0.1, -0.05) is 47.7 Å². The summed E-state index contributed by atoms with van der Waals surface area (Å²) in [6.07, 6.45) is 0.703. The van der Waals surface area contributed by atoms with Crippen LogP contribution in [0.1, 0.15) is 16.2 Å². The van der Waals surface area contributed by atoms with Crippen molar-refractivity contribution in [1.29, 1.82) is 0 Å². The van der Waals surface area contributed by atoms with E-state index < -0.39 is 0 Å². The second kappa shape index (κ2) is 8.26. The first-order chi connectivity index (χ1) is 11.0. The number of rotatable bonds is 5. The molecule has 0 unspecified atom stereocenters. The molecule has 1 aromatic carbocycles. The monoisotopic (exact) mass is 366 g/mol. The minimum Gasteiger partial charge on any atom is -0.340 e. The smallest absolute Gasteiger partial charge is 0.168 e. The third-order valence-corrected chi connectivity index (χ3v) is 4.51. The second-order valence-corrected chi connectivity index (χ2v) is 6.62. The summed E-state index contributed by atoms with van der Waals surface area (Å²) in [5, 5.41) is 5.20. The number of hydrogen-bond donors (Lipinski definition) is 2. The lowest BCUT2D eigenvalue weighted by molar-refractivity contribution is 0.111. The highest BCUT2D eigenvalue weighted by molar-refractivity contribution is 8.23. The van der Waals surface area contributed by atoms with Crippen LogP contribution in [0.15, 0.2) is 36.4 Å². The van der Waals surface area contributed by atoms with Crippen molar-refractivity contribution in [3.8, 4) is 0 Å². The van der Waals surface area contributed by atoms with E-state index in [2.05, 4.69) is 10.3 Å². The molecule has 0 fully saturated rings. The molecule has 120 valence electrons. The zero-order chi connectivity index (χ0) is 16.8. The van der Waals surface area contributed by atoms with E-state index >= 15 is 0 Å². The van der Waals surface area contributed by atoms with E-state index in [4.69, 9.17) is 29.7 Å². The first-order valence-corrected chi connectivity index (χ1v) is 8.42. The number of carbonyl (C=O) groups excluding carboxylic acids is 1. The van der Waals surface area contributed by atoms with Gasteiger partial charge in [0.25, 0.3) is 0 Å². The number of hydrazine groups is 1. The number of carbonyl (C=O) groups is 1. The van der Waals surface area contributed by atoms with Crippen LogP contribution in [-0.2, 0) is 0 Å². The van der Waals surface area contributed by atoms with Crippen molar-refractivity contribution in [2.45, 2.75) is 6.92 Å². The van der Waals surface area contributed by atoms with Crippen LogP contribution in [0, 0.1) is 6.92 Å². The van der Waals surface area contributed by atoms with E-state index in [0.29, 0.717) is 32.9 Å². The summed E-state index contributed by atoms with van der Waals surface area (Å²) in [6, 6.07) is 10.7. The van der Waals surface area contributed by atoms with E-state index in [0.717, 1.165) is 11.4 Å². The van der Waals surface area contributed by atoms with Crippen molar-refractivity contribution in [2.24, 2.45) is 5.84 Å². The Morgan fingerprint density at radius 3 is 2.83 bits per heavy atom. The van der Waals surface area contributed by atoms with Crippen LogP contribution in [0.5, 0.6) is 0 Å². The highest BCUT2D eigenvalue weighted by atomic mass is 35.5. The molecule has 2 aromatic rings. The highest BCUT2D eigenvalue weighted by Crippen LogP contribution is 2.23.